The number of benzene rings is 2. The van der Waals surface area contributed by atoms with Crippen LogP contribution in [-0.2, 0) is 14.6 Å². The molecular weight excluding hydrogens is 514 g/mol. The van der Waals surface area contributed by atoms with Gasteiger partial charge in [-0.15, -0.1) is 0 Å². The first kappa shape index (κ1) is 26.2. The Bertz CT molecular complexity index is 1610. The normalized spacial score (nSPS) is 12.6. The minimum Gasteiger partial charge on any atom is -0.493 e. The van der Waals surface area contributed by atoms with Gasteiger partial charge in [0.1, 0.15) is 5.65 Å². The number of ether oxygens (including phenoxy) is 2. The summed E-state index contributed by atoms with van der Waals surface area (Å²) in [5.41, 5.74) is 3.44. The van der Waals surface area contributed by atoms with E-state index in [1.807, 2.05) is 25.1 Å². The van der Waals surface area contributed by atoms with Crippen LogP contribution in [0.4, 0.5) is 0 Å². The molecule has 2 N–H and O–H groups in total. The first-order chi connectivity index (χ1) is 17.6. The largest absolute Gasteiger partial charge is 0.493 e. The number of halogens is 1. The maximum Gasteiger partial charge on any atom is 0.244 e. The highest BCUT2D eigenvalue weighted by molar-refractivity contribution is 7.90. The summed E-state index contributed by atoms with van der Waals surface area (Å²) in [4.78, 5) is 20.3. The van der Waals surface area contributed by atoms with Crippen molar-refractivity contribution in [3.05, 3.63) is 77.1 Å². The summed E-state index contributed by atoms with van der Waals surface area (Å²) in [6, 6.07) is 11.6. The van der Waals surface area contributed by atoms with E-state index in [4.69, 9.17) is 21.1 Å². The molecule has 0 fully saturated rings. The van der Waals surface area contributed by atoms with Crippen molar-refractivity contribution in [2.45, 2.75) is 17.9 Å². The number of pyridine rings is 1. The van der Waals surface area contributed by atoms with Crippen molar-refractivity contribution in [1.82, 2.24) is 15.3 Å². The molecule has 0 saturated heterocycles. The predicted octanol–water partition coefficient (Wildman–Crippen LogP) is 5.19. The van der Waals surface area contributed by atoms with Gasteiger partial charge in [0, 0.05) is 51.8 Å². The number of carbonyl (C=O) groups is 1. The third-order valence-electron chi connectivity index (χ3n) is 5.92. The third-order valence-corrected chi connectivity index (χ3v) is 7.36. The summed E-state index contributed by atoms with van der Waals surface area (Å²) in [6.45, 7) is 1.88. The highest BCUT2D eigenvalue weighted by Gasteiger charge is 2.14. The second-order valence-corrected chi connectivity index (χ2v) is 10.9. The van der Waals surface area contributed by atoms with E-state index in [2.05, 4.69) is 15.3 Å². The monoisotopic (exact) mass is 539 g/mol. The highest BCUT2D eigenvalue weighted by atomic mass is 35.5. The fraction of sp³-hybridized carbons (Fsp3) is 0.185. The van der Waals surface area contributed by atoms with E-state index < -0.39 is 9.84 Å². The van der Waals surface area contributed by atoms with Crippen molar-refractivity contribution >= 4 is 44.5 Å². The minimum atomic E-state index is -3.40. The van der Waals surface area contributed by atoms with Crippen LogP contribution in [0.1, 0.15) is 24.1 Å². The number of aromatic nitrogens is 2. The van der Waals surface area contributed by atoms with Gasteiger partial charge in [-0.2, -0.15) is 0 Å². The van der Waals surface area contributed by atoms with Gasteiger partial charge in [-0.05, 0) is 55.0 Å². The summed E-state index contributed by atoms with van der Waals surface area (Å²) in [7, 11) is -0.271. The number of rotatable bonds is 8. The van der Waals surface area contributed by atoms with E-state index in [9.17, 15) is 13.2 Å². The Balaban J connectivity index is 1.56. The number of fused-ring (bicyclic) bond motifs is 1. The Morgan fingerprint density at radius 2 is 1.86 bits per heavy atom. The van der Waals surface area contributed by atoms with Crippen molar-refractivity contribution in [3.63, 3.8) is 0 Å². The van der Waals surface area contributed by atoms with Gasteiger partial charge in [-0.25, -0.2) is 13.4 Å². The Labute approximate surface area is 220 Å². The van der Waals surface area contributed by atoms with Crippen LogP contribution >= 0.6 is 11.6 Å². The van der Waals surface area contributed by atoms with Crippen LogP contribution in [0, 0.1) is 0 Å². The number of methoxy groups -OCH3 is 2. The van der Waals surface area contributed by atoms with Crippen LogP contribution in [0.25, 0.3) is 28.2 Å². The van der Waals surface area contributed by atoms with Crippen molar-refractivity contribution in [2.24, 2.45) is 0 Å². The molecule has 4 aromatic rings. The number of aromatic amines is 1. The molecule has 2 heterocycles. The van der Waals surface area contributed by atoms with E-state index >= 15 is 0 Å². The van der Waals surface area contributed by atoms with Crippen LogP contribution in [-0.4, -0.2) is 44.8 Å². The minimum absolute atomic E-state index is 0.168. The molecule has 0 spiro atoms. The Kier molecular flexibility index (Phi) is 7.56. The van der Waals surface area contributed by atoms with Gasteiger partial charge < -0.3 is 19.8 Å². The maximum absolute atomic E-state index is 12.6. The number of H-pyrrole nitrogens is 1. The molecule has 192 valence electrons. The Morgan fingerprint density at radius 3 is 2.57 bits per heavy atom. The number of nitrogens with one attached hydrogen (secondary N) is 2. The molecular formula is C27H26ClN3O5S. The summed E-state index contributed by atoms with van der Waals surface area (Å²) >= 11 is 6.37. The van der Waals surface area contributed by atoms with Gasteiger partial charge in [0.05, 0.1) is 25.2 Å². The smallest absolute Gasteiger partial charge is 0.244 e. The molecule has 0 saturated carbocycles. The first-order valence-electron chi connectivity index (χ1n) is 11.3. The molecule has 2 aromatic heterocycles. The number of nitrogens with zero attached hydrogens (tertiary/aromatic N) is 1. The average molecular weight is 540 g/mol. The van der Waals surface area contributed by atoms with E-state index in [0.717, 1.165) is 22.8 Å². The zero-order valence-electron chi connectivity index (χ0n) is 20.7. The SMILES string of the molecule is COc1ccc([C@@H](C)NC(=O)/C=C/c2c[nH]c3ncc(-c4cc(S(C)(=O)=O)ccc4Cl)cc23)cc1OC. The van der Waals surface area contributed by atoms with Crippen molar-refractivity contribution in [3.8, 4) is 22.6 Å². The fourth-order valence-electron chi connectivity index (χ4n) is 3.90. The van der Waals surface area contributed by atoms with E-state index in [1.54, 1.807) is 44.8 Å². The van der Waals surface area contributed by atoms with Gasteiger partial charge in [-0.1, -0.05) is 17.7 Å². The van der Waals surface area contributed by atoms with Crippen molar-refractivity contribution < 1.29 is 22.7 Å². The maximum atomic E-state index is 12.6. The Morgan fingerprint density at radius 1 is 1.11 bits per heavy atom. The lowest BCUT2D eigenvalue weighted by atomic mass is 10.1. The number of hydrogen-bond donors (Lipinski definition) is 2. The third kappa shape index (κ3) is 5.79. The van der Waals surface area contributed by atoms with Gasteiger partial charge in [0.15, 0.2) is 21.3 Å². The molecule has 0 unspecified atom stereocenters. The second kappa shape index (κ2) is 10.7. The number of amides is 1. The summed E-state index contributed by atoms with van der Waals surface area (Å²) in [5.74, 6) is 0.923. The van der Waals surface area contributed by atoms with Gasteiger partial charge in [-0.3, -0.25) is 4.79 Å². The lowest BCUT2D eigenvalue weighted by Crippen LogP contribution is -2.24. The molecule has 0 bridgehead atoms. The van der Waals surface area contributed by atoms with Crippen LogP contribution in [0.2, 0.25) is 5.02 Å². The van der Waals surface area contributed by atoms with Crippen LogP contribution in [0.3, 0.4) is 0 Å². The standard InChI is InChI=1S/C27H26ClN3O5S/c1-16(17-5-9-24(35-2)25(12-17)36-3)31-26(32)10-6-18-14-29-27-22(18)11-19(15-30-27)21-13-20(37(4,33)34)7-8-23(21)28/h5-16H,1-4H3,(H,29,30)(H,31,32)/b10-6+/t16-/m1/s1. The van der Waals surface area contributed by atoms with Gasteiger partial charge >= 0.3 is 0 Å². The highest BCUT2D eigenvalue weighted by Crippen LogP contribution is 2.33. The molecule has 0 aliphatic carbocycles. The van der Waals surface area contributed by atoms with Crippen molar-refractivity contribution in [2.75, 3.05) is 20.5 Å². The van der Waals surface area contributed by atoms with Crippen LogP contribution in [0.15, 0.2) is 65.8 Å². The lowest BCUT2D eigenvalue weighted by molar-refractivity contribution is -0.117. The molecule has 0 aliphatic rings. The number of hydrogen-bond acceptors (Lipinski definition) is 6. The molecule has 1 atom stereocenters. The zero-order chi connectivity index (χ0) is 26.7. The summed E-state index contributed by atoms with van der Waals surface area (Å²) in [6.07, 6.45) is 7.65. The quantitative estimate of drug-likeness (QED) is 0.298. The van der Waals surface area contributed by atoms with E-state index in [1.165, 1.54) is 18.2 Å². The topological polar surface area (TPSA) is 110 Å². The predicted molar refractivity (Wildman–Crippen MR) is 145 cm³/mol. The van der Waals surface area contributed by atoms with Gasteiger partial charge in [0.25, 0.3) is 0 Å². The zero-order valence-corrected chi connectivity index (χ0v) is 22.3. The van der Waals surface area contributed by atoms with E-state index in [0.29, 0.717) is 33.3 Å². The molecule has 0 aliphatic heterocycles. The number of sulfone groups is 1. The van der Waals surface area contributed by atoms with E-state index in [-0.39, 0.29) is 16.8 Å². The summed E-state index contributed by atoms with van der Waals surface area (Å²) < 4.78 is 34.6. The summed E-state index contributed by atoms with van der Waals surface area (Å²) in [5, 5.41) is 4.10. The first-order valence-corrected chi connectivity index (χ1v) is 13.5. The molecule has 8 nitrogen and oxygen atoms in total. The second-order valence-electron chi connectivity index (χ2n) is 8.46. The number of carbonyl (C=O) groups excluding carboxylic acids is 1. The molecule has 1 amide bonds. The van der Waals surface area contributed by atoms with Gasteiger partial charge in [0.2, 0.25) is 5.91 Å². The van der Waals surface area contributed by atoms with Crippen LogP contribution < -0.4 is 14.8 Å². The molecule has 0 radical (unpaired) electrons. The Hall–Kier alpha value is -3.82. The molecule has 37 heavy (non-hydrogen) atoms. The van der Waals surface area contributed by atoms with Crippen molar-refractivity contribution in [1.29, 1.82) is 0 Å². The average Bonchev–Trinajstić information content (AvgIpc) is 3.28. The lowest BCUT2D eigenvalue weighted by Gasteiger charge is -2.15. The molecule has 4 rings (SSSR count). The molecule has 2 aromatic carbocycles. The molecule has 10 heteroatoms. The van der Waals surface area contributed by atoms with Crippen LogP contribution in [0.5, 0.6) is 11.5 Å². The fourth-order valence-corrected chi connectivity index (χ4v) is 4.77.